The van der Waals surface area contributed by atoms with E-state index in [0.29, 0.717) is 13.2 Å². The molecule has 0 radical (unpaired) electrons. The molecule has 3 nitrogen and oxygen atoms in total. The molecule has 1 aliphatic rings. The van der Waals surface area contributed by atoms with E-state index in [1.54, 1.807) is 13.0 Å². The van der Waals surface area contributed by atoms with E-state index >= 15 is 0 Å². The van der Waals surface area contributed by atoms with E-state index in [0.717, 1.165) is 0 Å². The monoisotopic (exact) mass is 204 g/mol. The Morgan fingerprint density at radius 2 is 1.92 bits per heavy atom. The minimum Gasteiger partial charge on any atom is -0.631 e. The third-order valence-electron chi connectivity index (χ3n) is 2.11. The van der Waals surface area contributed by atoms with Crippen molar-refractivity contribution in [2.75, 3.05) is 13.2 Å². The first-order valence-electron chi connectivity index (χ1n) is 4.41. The summed E-state index contributed by atoms with van der Waals surface area (Å²) >= 11 is 0. The summed E-state index contributed by atoms with van der Waals surface area (Å²) in [7, 11) is -2.90. The first-order chi connectivity index (χ1) is 5.90. The van der Waals surface area contributed by atoms with Crippen molar-refractivity contribution >= 4 is 7.94 Å². The van der Waals surface area contributed by atoms with Gasteiger partial charge in [0.15, 0.2) is 0 Å². The zero-order chi connectivity index (χ0) is 10.1. The Bertz CT molecular complexity index is 193. The van der Waals surface area contributed by atoms with Crippen molar-refractivity contribution in [1.29, 1.82) is 0 Å². The van der Waals surface area contributed by atoms with Crippen LogP contribution in [0.5, 0.6) is 0 Å². The summed E-state index contributed by atoms with van der Waals surface area (Å²) in [4.78, 5) is 11.9. The first-order valence-corrected chi connectivity index (χ1v) is 6.02. The molecule has 13 heavy (non-hydrogen) atoms. The molecular weight excluding hydrogens is 187 g/mol. The van der Waals surface area contributed by atoms with Crippen LogP contribution in [-0.4, -0.2) is 18.9 Å². The van der Waals surface area contributed by atoms with Crippen molar-refractivity contribution in [2.45, 2.75) is 26.4 Å². The van der Waals surface area contributed by atoms with Gasteiger partial charge in [0.2, 0.25) is 7.94 Å². The van der Waals surface area contributed by atoms with Crippen LogP contribution in [0.25, 0.3) is 0 Å². The van der Waals surface area contributed by atoms with Crippen molar-refractivity contribution in [1.82, 2.24) is 0 Å². The molecule has 4 heteroatoms. The van der Waals surface area contributed by atoms with E-state index in [4.69, 9.17) is 9.05 Å². The Labute approximate surface area is 80.3 Å². The summed E-state index contributed by atoms with van der Waals surface area (Å²) in [6.45, 7) is 10.4. The molecule has 76 valence electrons. The van der Waals surface area contributed by atoms with Gasteiger partial charge >= 0.3 is 0 Å². The second kappa shape index (κ2) is 3.66. The van der Waals surface area contributed by atoms with Gasteiger partial charge in [-0.3, -0.25) is 0 Å². The number of rotatable bonds is 2. The van der Waals surface area contributed by atoms with E-state index in [1.807, 2.05) is 13.8 Å². The van der Waals surface area contributed by atoms with Crippen molar-refractivity contribution in [3.8, 4) is 0 Å². The molecule has 0 bridgehead atoms. The van der Waals surface area contributed by atoms with E-state index in [9.17, 15) is 4.89 Å². The van der Waals surface area contributed by atoms with Crippen molar-refractivity contribution in [3.05, 3.63) is 12.7 Å². The van der Waals surface area contributed by atoms with Gasteiger partial charge < -0.3 is 4.89 Å². The summed E-state index contributed by atoms with van der Waals surface area (Å²) < 4.78 is 10.6. The largest absolute Gasteiger partial charge is 0.631 e. The van der Waals surface area contributed by atoms with Gasteiger partial charge in [-0.1, -0.05) is 20.4 Å². The van der Waals surface area contributed by atoms with Gasteiger partial charge in [-0.05, 0) is 13.0 Å². The molecule has 0 aliphatic carbocycles. The second-order valence-corrected chi connectivity index (χ2v) is 6.64. The molecule has 0 aromatic carbocycles. The van der Waals surface area contributed by atoms with Gasteiger partial charge in [0.05, 0.1) is 0 Å². The lowest BCUT2D eigenvalue weighted by atomic mass is 9.97. The molecule has 0 amide bonds. The zero-order valence-corrected chi connectivity index (χ0v) is 9.34. The van der Waals surface area contributed by atoms with E-state index in [2.05, 4.69) is 6.58 Å². The molecule has 1 atom stereocenters. The zero-order valence-electron chi connectivity index (χ0n) is 8.45. The summed E-state index contributed by atoms with van der Waals surface area (Å²) in [5.74, 6) is 0. The van der Waals surface area contributed by atoms with Gasteiger partial charge in [-0.25, -0.2) is 9.05 Å². The first kappa shape index (κ1) is 11.1. The van der Waals surface area contributed by atoms with Gasteiger partial charge in [0.1, 0.15) is 18.9 Å². The average Bonchev–Trinajstić information content (AvgIpc) is 2.09. The molecule has 0 N–H and O–H groups in total. The van der Waals surface area contributed by atoms with Crippen LogP contribution in [0.3, 0.4) is 0 Å². The minimum atomic E-state index is -2.90. The molecular formula is C9H17O3P. The molecule has 0 spiro atoms. The molecule has 0 saturated carbocycles. The average molecular weight is 204 g/mol. The highest BCUT2D eigenvalue weighted by atomic mass is 31.2. The molecule has 1 fully saturated rings. The predicted molar refractivity (Wildman–Crippen MR) is 52.3 cm³/mol. The third-order valence-corrected chi connectivity index (χ3v) is 4.30. The molecule has 1 heterocycles. The van der Waals surface area contributed by atoms with Crippen LogP contribution in [0, 0.1) is 5.41 Å². The molecule has 1 saturated heterocycles. The van der Waals surface area contributed by atoms with Crippen LogP contribution < -0.4 is 4.89 Å². The summed E-state index contributed by atoms with van der Waals surface area (Å²) in [6.07, 6.45) is 1.61. The molecule has 0 aromatic heterocycles. The maximum atomic E-state index is 11.9. The maximum Gasteiger partial charge on any atom is 0.244 e. The van der Waals surface area contributed by atoms with E-state index < -0.39 is 7.94 Å². The topological polar surface area (TPSA) is 41.5 Å². The summed E-state index contributed by atoms with van der Waals surface area (Å²) in [6, 6.07) is 0. The number of allylic oxidation sites excluding steroid dienone is 1. The molecule has 1 unspecified atom stereocenters. The lowest BCUT2D eigenvalue weighted by Crippen LogP contribution is -2.38. The van der Waals surface area contributed by atoms with Gasteiger partial charge in [-0.15, -0.1) is 0 Å². The third kappa shape index (κ3) is 2.50. The standard InChI is InChI=1S/C9H17O3P/c1-5-8(2)13(10)11-6-9(3,4)7-12-13/h5,8H,1,6-7H2,2-4H3. The van der Waals surface area contributed by atoms with E-state index in [1.165, 1.54) is 0 Å². The van der Waals surface area contributed by atoms with Gasteiger partial charge in [-0.2, -0.15) is 0 Å². The second-order valence-electron chi connectivity index (χ2n) is 4.23. The van der Waals surface area contributed by atoms with Crippen LogP contribution in [0.4, 0.5) is 0 Å². The molecule has 1 aliphatic heterocycles. The predicted octanol–water partition coefficient (Wildman–Crippen LogP) is 1.76. The summed E-state index contributed by atoms with van der Waals surface area (Å²) in [5.41, 5.74) is -0.252. The van der Waals surface area contributed by atoms with Crippen LogP contribution >= 0.6 is 7.94 Å². The van der Waals surface area contributed by atoms with Gasteiger partial charge in [0.25, 0.3) is 0 Å². The van der Waals surface area contributed by atoms with E-state index in [-0.39, 0.29) is 11.1 Å². The fraction of sp³-hybridized carbons (Fsp3) is 0.778. The lowest BCUT2D eigenvalue weighted by Gasteiger charge is -2.40. The number of hydrogen-bond donors (Lipinski definition) is 0. The van der Waals surface area contributed by atoms with Crippen LogP contribution in [0.1, 0.15) is 20.8 Å². The highest BCUT2D eigenvalue weighted by Crippen LogP contribution is 2.61. The Balaban J connectivity index is 2.61. The lowest BCUT2D eigenvalue weighted by molar-refractivity contribution is -0.234. The Hall–Kier alpha value is 0.0500. The van der Waals surface area contributed by atoms with Crippen molar-refractivity contribution in [2.24, 2.45) is 5.41 Å². The van der Waals surface area contributed by atoms with Crippen molar-refractivity contribution in [3.63, 3.8) is 0 Å². The quantitative estimate of drug-likeness (QED) is 0.508. The smallest absolute Gasteiger partial charge is 0.244 e. The summed E-state index contributed by atoms with van der Waals surface area (Å²) in [5, 5.41) is 0. The highest BCUT2D eigenvalue weighted by molar-refractivity contribution is 7.60. The van der Waals surface area contributed by atoms with Crippen LogP contribution in [-0.2, 0) is 9.05 Å². The van der Waals surface area contributed by atoms with Crippen molar-refractivity contribution < 1.29 is 13.9 Å². The Morgan fingerprint density at radius 3 is 2.31 bits per heavy atom. The normalized spacial score (nSPS) is 28.0. The van der Waals surface area contributed by atoms with Crippen LogP contribution in [0.15, 0.2) is 12.7 Å². The Kier molecular flexibility index (Phi) is 3.13. The SMILES string of the molecule is C=CC(C)[P+]1([O-])OCC(C)(C)CO1. The molecule has 1 rings (SSSR count). The highest BCUT2D eigenvalue weighted by Gasteiger charge is 2.44. The fourth-order valence-electron chi connectivity index (χ4n) is 0.973. The minimum absolute atomic E-state index is 0.0329. The fourth-order valence-corrected chi connectivity index (χ4v) is 2.83. The Morgan fingerprint density at radius 1 is 1.46 bits per heavy atom. The van der Waals surface area contributed by atoms with Gasteiger partial charge in [0, 0.05) is 5.41 Å². The number of hydrogen-bond acceptors (Lipinski definition) is 3. The maximum absolute atomic E-state index is 11.9. The van der Waals surface area contributed by atoms with Crippen LogP contribution in [0.2, 0.25) is 0 Å². The molecule has 0 aromatic rings.